The fraction of sp³-hybridized carbons (Fsp3) is 0.0526. The summed E-state index contributed by atoms with van der Waals surface area (Å²) in [6.07, 6.45) is 1.22. The highest BCUT2D eigenvalue weighted by Crippen LogP contribution is 2.22. The van der Waals surface area contributed by atoms with E-state index in [1.807, 2.05) is 35.8 Å². The van der Waals surface area contributed by atoms with Gasteiger partial charge in [-0.05, 0) is 17.7 Å². The number of nitrogens with zero attached hydrogens (tertiary/aromatic N) is 2. The number of ether oxygens (including phenoxy) is 1. The van der Waals surface area contributed by atoms with E-state index in [-0.39, 0.29) is 0 Å². The van der Waals surface area contributed by atoms with Crippen LogP contribution in [-0.2, 0) is 6.61 Å². The Morgan fingerprint density at radius 2 is 1.52 bits per heavy atom. The maximum atomic E-state index is 13.6. The number of para-hydroxylation sites is 1. The van der Waals surface area contributed by atoms with E-state index >= 15 is 0 Å². The second-order valence-corrected chi connectivity index (χ2v) is 5.38. The zero-order valence-electron chi connectivity index (χ0n) is 13.8. The highest BCUT2D eigenvalue weighted by molar-refractivity contribution is 5.84. The summed E-state index contributed by atoms with van der Waals surface area (Å²) < 4.78 is 59.0. The van der Waals surface area contributed by atoms with Gasteiger partial charge in [0.1, 0.15) is 18.0 Å². The first kappa shape index (κ1) is 18.4. The molecular weight excluding hydrogens is 362 g/mol. The molecule has 3 rings (SSSR count). The van der Waals surface area contributed by atoms with Gasteiger partial charge in [-0.2, -0.15) is 27.6 Å². The van der Waals surface area contributed by atoms with Crippen molar-refractivity contribution in [2.75, 3.05) is 5.43 Å². The Bertz CT molecular complexity index is 938. The summed E-state index contributed by atoms with van der Waals surface area (Å²) in [5.41, 5.74) is 2.34. The zero-order chi connectivity index (χ0) is 19.2. The molecular formula is C19H13F4N3O. The van der Waals surface area contributed by atoms with Crippen LogP contribution in [-0.4, -0.2) is 11.2 Å². The van der Waals surface area contributed by atoms with Crippen molar-refractivity contribution in [2.45, 2.75) is 6.61 Å². The van der Waals surface area contributed by atoms with E-state index in [9.17, 15) is 17.6 Å². The van der Waals surface area contributed by atoms with Crippen LogP contribution in [0.5, 0.6) is 5.75 Å². The maximum Gasteiger partial charge on any atom is 0.254 e. The van der Waals surface area contributed by atoms with Crippen LogP contribution in [0.25, 0.3) is 0 Å². The van der Waals surface area contributed by atoms with Crippen molar-refractivity contribution in [2.24, 2.45) is 5.10 Å². The third kappa shape index (κ3) is 4.41. The van der Waals surface area contributed by atoms with E-state index in [4.69, 9.17) is 4.74 Å². The summed E-state index contributed by atoms with van der Waals surface area (Å²) in [6.45, 7) is 0.309. The molecule has 1 N–H and O–H groups in total. The number of pyridine rings is 1. The fourth-order valence-corrected chi connectivity index (χ4v) is 2.21. The lowest BCUT2D eigenvalue weighted by molar-refractivity contribution is 0.306. The number of hydrogen-bond donors (Lipinski definition) is 1. The molecule has 3 aromatic rings. The molecule has 0 atom stereocenters. The SMILES string of the molecule is Fc1nc(F)c(F)c(N/N=C/c2ccccc2OCc2ccccc2)c1F. The molecule has 27 heavy (non-hydrogen) atoms. The third-order valence-corrected chi connectivity index (χ3v) is 3.53. The van der Waals surface area contributed by atoms with Gasteiger partial charge in [0, 0.05) is 5.56 Å². The van der Waals surface area contributed by atoms with Gasteiger partial charge in [-0.25, -0.2) is 0 Å². The van der Waals surface area contributed by atoms with Crippen LogP contribution in [0.1, 0.15) is 11.1 Å². The number of halogens is 4. The molecule has 0 aliphatic rings. The minimum absolute atomic E-state index is 0.309. The Labute approximate surface area is 152 Å². The molecule has 138 valence electrons. The molecule has 4 nitrogen and oxygen atoms in total. The Morgan fingerprint density at radius 1 is 0.889 bits per heavy atom. The van der Waals surface area contributed by atoms with Gasteiger partial charge in [-0.3, -0.25) is 5.43 Å². The van der Waals surface area contributed by atoms with Gasteiger partial charge < -0.3 is 4.74 Å². The third-order valence-electron chi connectivity index (χ3n) is 3.53. The summed E-state index contributed by atoms with van der Waals surface area (Å²) in [4.78, 5) is 2.47. The molecule has 0 aliphatic carbocycles. The standard InChI is InChI=1S/C19H13F4N3O/c20-15-17(16(21)19(23)25-18(15)22)26-24-10-13-8-4-5-9-14(13)27-11-12-6-2-1-3-7-12/h1-10H,11H2,(H,25,26)/b24-10+. The normalized spacial score (nSPS) is 11.0. The van der Waals surface area contributed by atoms with Gasteiger partial charge in [0.15, 0.2) is 0 Å². The summed E-state index contributed by atoms with van der Waals surface area (Å²) in [5, 5.41) is 3.64. The molecule has 0 radical (unpaired) electrons. The zero-order valence-corrected chi connectivity index (χ0v) is 13.8. The van der Waals surface area contributed by atoms with Crippen molar-refractivity contribution in [3.05, 3.63) is 89.3 Å². The summed E-state index contributed by atoms with van der Waals surface area (Å²) in [6, 6.07) is 16.3. The lowest BCUT2D eigenvalue weighted by Gasteiger charge is -2.09. The predicted octanol–water partition coefficient (Wildman–Crippen LogP) is 4.66. The number of hydrazone groups is 1. The van der Waals surface area contributed by atoms with Crippen molar-refractivity contribution in [1.82, 2.24) is 4.98 Å². The number of hydrogen-bond acceptors (Lipinski definition) is 4. The second kappa shape index (κ2) is 8.31. The molecule has 0 fully saturated rings. The molecule has 0 saturated heterocycles. The quantitative estimate of drug-likeness (QED) is 0.295. The number of benzene rings is 2. The van der Waals surface area contributed by atoms with Crippen LogP contribution in [0.3, 0.4) is 0 Å². The number of rotatable bonds is 6. The Kier molecular flexibility index (Phi) is 5.65. The van der Waals surface area contributed by atoms with Gasteiger partial charge in [0.25, 0.3) is 11.9 Å². The maximum absolute atomic E-state index is 13.6. The summed E-state index contributed by atoms with van der Waals surface area (Å²) in [5.74, 6) is -6.39. The van der Waals surface area contributed by atoms with Crippen LogP contribution < -0.4 is 10.2 Å². The lowest BCUT2D eigenvalue weighted by atomic mass is 10.2. The van der Waals surface area contributed by atoms with Crippen LogP contribution in [0.4, 0.5) is 23.2 Å². The summed E-state index contributed by atoms with van der Waals surface area (Å²) >= 11 is 0. The molecule has 8 heteroatoms. The molecule has 1 aromatic heterocycles. The van der Waals surface area contributed by atoms with E-state index in [1.165, 1.54) is 6.21 Å². The van der Waals surface area contributed by atoms with Crippen LogP contribution in [0.15, 0.2) is 59.7 Å². The number of anilines is 1. The average molecular weight is 375 g/mol. The molecule has 0 saturated carbocycles. The molecule has 0 bridgehead atoms. The van der Waals surface area contributed by atoms with Crippen LogP contribution in [0.2, 0.25) is 0 Å². The fourth-order valence-electron chi connectivity index (χ4n) is 2.21. The topological polar surface area (TPSA) is 46.5 Å². The second-order valence-electron chi connectivity index (χ2n) is 5.38. The van der Waals surface area contributed by atoms with Crippen molar-refractivity contribution in [1.29, 1.82) is 0 Å². The molecule has 2 aromatic carbocycles. The Balaban J connectivity index is 1.75. The molecule has 0 unspecified atom stereocenters. The van der Waals surface area contributed by atoms with Crippen molar-refractivity contribution in [3.8, 4) is 5.75 Å². The van der Waals surface area contributed by atoms with Crippen LogP contribution >= 0.6 is 0 Å². The van der Waals surface area contributed by atoms with Gasteiger partial charge in [0.2, 0.25) is 11.6 Å². The summed E-state index contributed by atoms with van der Waals surface area (Å²) in [7, 11) is 0. The number of nitrogens with one attached hydrogen (secondary N) is 1. The van der Waals surface area contributed by atoms with E-state index in [2.05, 4.69) is 10.1 Å². The van der Waals surface area contributed by atoms with E-state index in [1.54, 1.807) is 24.3 Å². The number of aromatic nitrogens is 1. The molecule has 0 spiro atoms. The average Bonchev–Trinajstić information content (AvgIpc) is 2.69. The van der Waals surface area contributed by atoms with Gasteiger partial charge >= 0.3 is 0 Å². The van der Waals surface area contributed by atoms with E-state index in [0.29, 0.717) is 17.9 Å². The minimum atomic E-state index is -1.77. The monoisotopic (exact) mass is 375 g/mol. The Morgan fingerprint density at radius 3 is 2.22 bits per heavy atom. The molecule has 0 aliphatic heterocycles. The van der Waals surface area contributed by atoms with Crippen molar-refractivity contribution in [3.63, 3.8) is 0 Å². The van der Waals surface area contributed by atoms with E-state index < -0.39 is 29.2 Å². The van der Waals surface area contributed by atoms with Gasteiger partial charge in [0.05, 0.1) is 6.21 Å². The van der Waals surface area contributed by atoms with Crippen molar-refractivity contribution < 1.29 is 22.3 Å². The molecule has 0 amide bonds. The first-order valence-corrected chi connectivity index (χ1v) is 7.81. The van der Waals surface area contributed by atoms with Crippen molar-refractivity contribution >= 4 is 11.9 Å². The first-order valence-electron chi connectivity index (χ1n) is 7.81. The van der Waals surface area contributed by atoms with E-state index in [0.717, 1.165) is 5.56 Å². The van der Waals surface area contributed by atoms with Gasteiger partial charge in [-0.15, -0.1) is 0 Å². The highest BCUT2D eigenvalue weighted by atomic mass is 19.2. The largest absolute Gasteiger partial charge is 0.488 e. The highest BCUT2D eigenvalue weighted by Gasteiger charge is 2.20. The molecule has 1 heterocycles. The lowest BCUT2D eigenvalue weighted by Crippen LogP contribution is -2.06. The minimum Gasteiger partial charge on any atom is -0.488 e. The first-order chi connectivity index (χ1) is 13.1. The Hall–Kier alpha value is -3.42. The van der Waals surface area contributed by atoms with Gasteiger partial charge in [-0.1, -0.05) is 42.5 Å². The smallest absolute Gasteiger partial charge is 0.254 e. The predicted molar refractivity (Wildman–Crippen MR) is 92.5 cm³/mol. The van der Waals surface area contributed by atoms with Crippen LogP contribution in [0, 0.1) is 23.5 Å².